The summed E-state index contributed by atoms with van der Waals surface area (Å²) >= 11 is 1.51. The highest BCUT2D eigenvalue weighted by molar-refractivity contribution is 7.21. The Labute approximate surface area is 164 Å². The quantitative estimate of drug-likeness (QED) is 0.523. The lowest BCUT2D eigenvalue weighted by molar-refractivity contribution is 0.0597. The molecular weight excluding hydrogens is 374 g/mol. The van der Waals surface area contributed by atoms with Crippen LogP contribution < -0.4 is 5.32 Å². The van der Waals surface area contributed by atoms with Crippen LogP contribution >= 0.6 is 11.3 Å². The molecule has 0 atom stereocenters. The standard InChI is InChI=1S/C21H15N3O3S/c1-27-21(26)16-6-3-2-5-15(16)18(25)23-14-10-8-13(9-11-14)19-24-17-7-4-12-22-20(17)28-19/h2-12H,1H3,(H,23,25). The Morgan fingerprint density at radius 2 is 1.71 bits per heavy atom. The number of fused-ring (bicyclic) bond motifs is 1. The van der Waals surface area contributed by atoms with Gasteiger partial charge in [-0.25, -0.2) is 14.8 Å². The van der Waals surface area contributed by atoms with Crippen LogP contribution in [0.25, 0.3) is 20.9 Å². The number of anilines is 1. The number of amides is 1. The fourth-order valence-electron chi connectivity index (χ4n) is 2.76. The molecule has 7 heteroatoms. The average molecular weight is 389 g/mol. The van der Waals surface area contributed by atoms with Crippen LogP contribution in [0.15, 0.2) is 66.9 Å². The molecule has 4 aromatic rings. The second-order valence-electron chi connectivity index (χ2n) is 5.92. The summed E-state index contributed by atoms with van der Waals surface area (Å²) in [5.41, 5.74) is 2.90. The van der Waals surface area contributed by atoms with Crippen molar-refractivity contribution in [3.63, 3.8) is 0 Å². The molecule has 2 heterocycles. The number of hydrogen-bond acceptors (Lipinski definition) is 6. The molecular formula is C21H15N3O3S. The highest BCUT2D eigenvalue weighted by Crippen LogP contribution is 2.29. The van der Waals surface area contributed by atoms with Crippen molar-refractivity contribution in [2.45, 2.75) is 0 Å². The number of nitrogens with one attached hydrogen (secondary N) is 1. The van der Waals surface area contributed by atoms with E-state index in [2.05, 4.69) is 15.3 Å². The maximum atomic E-state index is 12.6. The number of nitrogens with zero attached hydrogens (tertiary/aromatic N) is 2. The molecule has 2 aromatic carbocycles. The number of carbonyl (C=O) groups is 2. The zero-order chi connectivity index (χ0) is 19.5. The number of rotatable bonds is 4. The Bertz CT molecular complexity index is 1140. The minimum Gasteiger partial charge on any atom is -0.465 e. The Hall–Kier alpha value is -3.58. The smallest absolute Gasteiger partial charge is 0.338 e. The molecule has 0 bridgehead atoms. The van der Waals surface area contributed by atoms with Crippen LogP contribution in [-0.4, -0.2) is 29.0 Å². The van der Waals surface area contributed by atoms with Gasteiger partial charge in [0, 0.05) is 17.4 Å². The van der Waals surface area contributed by atoms with Crippen LogP contribution in [0.5, 0.6) is 0 Å². The summed E-state index contributed by atoms with van der Waals surface area (Å²) in [4.78, 5) is 34.2. The van der Waals surface area contributed by atoms with Crippen LogP contribution in [0.1, 0.15) is 20.7 Å². The number of ether oxygens (including phenoxy) is 1. The van der Waals surface area contributed by atoms with Crippen molar-refractivity contribution in [2.75, 3.05) is 12.4 Å². The molecule has 28 heavy (non-hydrogen) atoms. The van der Waals surface area contributed by atoms with Crippen LogP contribution in [0.4, 0.5) is 5.69 Å². The number of thiazole rings is 1. The van der Waals surface area contributed by atoms with Gasteiger partial charge in [0.2, 0.25) is 0 Å². The van der Waals surface area contributed by atoms with Crippen molar-refractivity contribution < 1.29 is 14.3 Å². The van der Waals surface area contributed by atoms with E-state index in [1.807, 2.05) is 24.3 Å². The average Bonchev–Trinajstić information content (AvgIpc) is 3.18. The molecule has 2 aromatic heterocycles. The van der Waals surface area contributed by atoms with E-state index in [1.54, 1.807) is 42.6 Å². The molecule has 0 saturated heterocycles. The molecule has 0 saturated carbocycles. The summed E-state index contributed by atoms with van der Waals surface area (Å²) in [7, 11) is 1.29. The largest absolute Gasteiger partial charge is 0.465 e. The predicted octanol–water partition coefficient (Wildman–Crippen LogP) is 4.40. The predicted molar refractivity (Wildman–Crippen MR) is 109 cm³/mol. The minimum absolute atomic E-state index is 0.223. The van der Waals surface area contributed by atoms with Gasteiger partial charge >= 0.3 is 5.97 Å². The topological polar surface area (TPSA) is 81.2 Å². The van der Waals surface area contributed by atoms with Gasteiger partial charge in [0.1, 0.15) is 15.4 Å². The lowest BCUT2D eigenvalue weighted by Crippen LogP contribution is -2.17. The normalized spacial score (nSPS) is 10.6. The number of benzene rings is 2. The first-order valence-electron chi connectivity index (χ1n) is 8.46. The third-order valence-electron chi connectivity index (χ3n) is 4.13. The monoisotopic (exact) mass is 389 g/mol. The third kappa shape index (κ3) is 3.47. The summed E-state index contributed by atoms with van der Waals surface area (Å²) in [5.74, 6) is -0.927. The first-order valence-corrected chi connectivity index (χ1v) is 9.28. The molecule has 0 spiro atoms. The summed E-state index contributed by atoms with van der Waals surface area (Å²) in [6.45, 7) is 0. The van der Waals surface area contributed by atoms with Gasteiger partial charge in [-0.3, -0.25) is 4.79 Å². The van der Waals surface area contributed by atoms with Gasteiger partial charge in [-0.1, -0.05) is 23.5 Å². The van der Waals surface area contributed by atoms with E-state index < -0.39 is 5.97 Å². The lowest BCUT2D eigenvalue weighted by atomic mass is 10.1. The maximum Gasteiger partial charge on any atom is 0.338 e. The first-order chi connectivity index (χ1) is 13.7. The Kier molecular flexibility index (Phi) is 4.82. The van der Waals surface area contributed by atoms with E-state index in [-0.39, 0.29) is 17.0 Å². The molecule has 0 aliphatic heterocycles. The van der Waals surface area contributed by atoms with E-state index in [9.17, 15) is 9.59 Å². The van der Waals surface area contributed by atoms with Gasteiger partial charge in [0.15, 0.2) is 0 Å². The molecule has 0 radical (unpaired) electrons. The molecule has 0 aliphatic rings. The molecule has 1 amide bonds. The highest BCUT2D eigenvalue weighted by Gasteiger charge is 2.17. The van der Waals surface area contributed by atoms with Gasteiger partial charge in [-0.15, -0.1) is 0 Å². The third-order valence-corrected chi connectivity index (χ3v) is 5.16. The summed E-state index contributed by atoms with van der Waals surface area (Å²) in [5, 5.41) is 3.67. The summed E-state index contributed by atoms with van der Waals surface area (Å²) in [6.07, 6.45) is 1.75. The van der Waals surface area contributed by atoms with Crippen molar-refractivity contribution in [2.24, 2.45) is 0 Å². The Morgan fingerprint density at radius 3 is 2.43 bits per heavy atom. The zero-order valence-electron chi connectivity index (χ0n) is 14.9. The number of aromatic nitrogens is 2. The highest BCUT2D eigenvalue weighted by atomic mass is 32.1. The van der Waals surface area contributed by atoms with Crippen LogP contribution in [0.2, 0.25) is 0 Å². The van der Waals surface area contributed by atoms with Crippen LogP contribution in [0, 0.1) is 0 Å². The number of pyridine rings is 1. The first kappa shape index (κ1) is 17.8. The van der Waals surface area contributed by atoms with Crippen LogP contribution in [0.3, 0.4) is 0 Å². The number of esters is 1. The van der Waals surface area contributed by atoms with Crippen molar-refractivity contribution in [1.29, 1.82) is 0 Å². The van der Waals surface area contributed by atoms with Crippen LogP contribution in [-0.2, 0) is 4.74 Å². The molecule has 0 aliphatic carbocycles. The number of methoxy groups -OCH3 is 1. The van der Waals surface area contributed by atoms with Crippen molar-refractivity contribution >= 4 is 39.2 Å². The minimum atomic E-state index is -0.550. The summed E-state index contributed by atoms with van der Waals surface area (Å²) in [6, 6.07) is 17.7. The van der Waals surface area contributed by atoms with E-state index in [4.69, 9.17) is 4.74 Å². The molecule has 0 fully saturated rings. The molecule has 0 unspecified atom stereocenters. The van der Waals surface area contributed by atoms with E-state index in [0.717, 1.165) is 20.9 Å². The van der Waals surface area contributed by atoms with Gasteiger partial charge in [-0.2, -0.15) is 0 Å². The van der Waals surface area contributed by atoms with Gasteiger partial charge in [0.25, 0.3) is 5.91 Å². The van der Waals surface area contributed by atoms with E-state index in [0.29, 0.717) is 5.69 Å². The van der Waals surface area contributed by atoms with Crippen molar-refractivity contribution in [3.8, 4) is 10.6 Å². The van der Waals surface area contributed by atoms with E-state index in [1.165, 1.54) is 18.4 Å². The van der Waals surface area contributed by atoms with Crippen molar-refractivity contribution in [1.82, 2.24) is 9.97 Å². The molecule has 1 N–H and O–H groups in total. The maximum absolute atomic E-state index is 12.6. The molecule has 6 nitrogen and oxygen atoms in total. The number of carbonyl (C=O) groups excluding carboxylic acids is 2. The molecule has 138 valence electrons. The second-order valence-corrected chi connectivity index (χ2v) is 6.89. The van der Waals surface area contributed by atoms with Gasteiger partial charge < -0.3 is 10.1 Å². The fourth-order valence-corrected chi connectivity index (χ4v) is 3.67. The number of hydrogen-bond donors (Lipinski definition) is 1. The van der Waals surface area contributed by atoms with Crippen molar-refractivity contribution in [3.05, 3.63) is 78.0 Å². The lowest BCUT2D eigenvalue weighted by Gasteiger charge is -2.09. The van der Waals surface area contributed by atoms with E-state index >= 15 is 0 Å². The summed E-state index contributed by atoms with van der Waals surface area (Å²) < 4.78 is 4.74. The SMILES string of the molecule is COC(=O)c1ccccc1C(=O)Nc1ccc(-c2nc3cccnc3s2)cc1. The molecule has 4 rings (SSSR count). The fraction of sp³-hybridized carbons (Fsp3) is 0.0476. The van der Waals surface area contributed by atoms with Gasteiger partial charge in [0.05, 0.1) is 18.2 Å². The Morgan fingerprint density at radius 1 is 0.964 bits per heavy atom. The Balaban J connectivity index is 1.55. The zero-order valence-corrected chi connectivity index (χ0v) is 15.7. The second kappa shape index (κ2) is 7.58. The van der Waals surface area contributed by atoms with Gasteiger partial charge in [-0.05, 0) is 48.5 Å².